The molecular formula is C15H26N2OS. The molecule has 3 N–H and O–H groups in total. The first-order valence-corrected chi connectivity index (χ1v) is 8.31. The third-order valence-electron chi connectivity index (χ3n) is 4.22. The number of hydrogen-bond acceptors (Lipinski definition) is 4. The predicted octanol–water partition coefficient (Wildman–Crippen LogP) is 2.76. The highest BCUT2D eigenvalue weighted by molar-refractivity contribution is 7.10. The van der Waals surface area contributed by atoms with Crippen molar-refractivity contribution in [2.75, 3.05) is 13.2 Å². The van der Waals surface area contributed by atoms with E-state index in [1.807, 2.05) is 0 Å². The summed E-state index contributed by atoms with van der Waals surface area (Å²) in [4.78, 5) is 3.81. The van der Waals surface area contributed by atoms with Gasteiger partial charge in [-0.05, 0) is 30.7 Å². The first-order chi connectivity index (χ1) is 9.27. The number of hydrogen-bond donors (Lipinski definition) is 2. The van der Waals surface area contributed by atoms with Crippen LogP contribution < -0.4 is 5.73 Å². The molecule has 0 amide bonds. The normalized spacial score (nSPS) is 20.0. The van der Waals surface area contributed by atoms with Crippen molar-refractivity contribution in [3.63, 3.8) is 0 Å². The largest absolute Gasteiger partial charge is 0.395 e. The van der Waals surface area contributed by atoms with E-state index >= 15 is 0 Å². The second kappa shape index (κ2) is 7.39. The van der Waals surface area contributed by atoms with Gasteiger partial charge in [-0.1, -0.05) is 25.8 Å². The Morgan fingerprint density at radius 2 is 2.21 bits per heavy atom. The summed E-state index contributed by atoms with van der Waals surface area (Å²) < 4.78 is 0. The number of aliphatic hydroxyl groups is 1. The minimum atomic E-state index is 0.144. The van der Waals surface area contributed by atoms with Crippen LogP contribution in [0.5, 0.6) is 0 Å². The van der Waals surface area contributed by atoms with E-state index < -0.39 is 0 Å². The summed E-state index contributed by atoms with van der Waals surface area (Å²) in [6.07, 6.45) is 6.09. The van der Waals surface area contributed by atoms with Gasteiger partial charge in [-0.2, -0.15) is 0 Å². The molecule has 1 aliphatic carbocycles. The predicted molar refractivity (Wildman–Crippen MR) is 81.4 cm³/mol. The molecule has 0 aromatic carbocycles. The van der Waals surface area contributed by atoms with Gasteiger partial charge in [0.25, 0.3) is 0 Å². The summed E-state index contributed by atoms with van der Waals surface area (Å²) in [6.45, 7) is 3.10. The molecule has 1 saturated carbocycles. The van der Waals surface area contributed by atoms with Crippen LogP contribution in [0.3, 0.4) is 0 Å². The van der Waals surface area contributed by atoms with Crippen LogP contribution in [0.4, 0.5) is 0 Å². The lowest BCUT2D eigenvalue weighted by molar-refractivity contribution is 0.0900. The summed E-state index contributed by atoms with van der Waals surface area (Å²) in [5, 5.41) is 11.5. The number of aliphatic hydroxyl groups excluding tert-OH is 1. The van der Waals surface area contributed by atoms with Crippen molar-refractivity contribution in [1.29, 1.82) is 0 Å². The topological polar surface area (TPSA) is 49.5 Å². The van der Waals surface area contributed by atoms with E-state index in [0.29, 0.717) is 6.04 Å². The summed E-state index contributed by atoms with van der Waals surface area (Å²) in [5.41, 5.74) is 6.39. The van der Waals surface area contributed by atoms with Gasteiger partial charge in [-0.3, -0.25) is 4.90 Å². The van der Waals surface area contributed by atoms with Crippen LogP contribution in [-0.2, 0) is 0 Å². The van der Waals surface area contributed by atoms with Crippen LogP contribution in [0.2, 0.25) is 0 Å². The molecule has 0 radical (unpaired) electrons. The molecule has 108 valence electrons. The number of nitrogens with two attached hydrogens (primary N) is 1. The lowest BCUT2D eigenvalue weighted by Crippen LogP contribution is -2.46. The summed E-state index contributed by atoms with van der Waals surface area (Å²) in [7, 11) is 0. The highest BCUT2D eigenvalue weighted by Gasteiger charge is 2.32. The minimum absolute atomic E-state index is 0.144. The monoisotopic (exact) mass is 282 g/mol. The Morgan fingerprint density at radius 3 is 2.74 bits per heavy atom. The van der Waals surface area contributed by atoms with Crippen LogP contribution >= 0.6 is 11.3 Å². The van der Waals surface area contributed by atoms with Gasteiger partial charge in [0.2, 0.25) is 0 Å². The molecule has 4 heteroatoms. The maximum absolute atomic E-state index is 9.42. The average Bonchev–Trinajstić information content (AvgIpc) is 3.10. The highest BCUT2D eigenvalue weighted by Crippen LogP contribution is 2.34. The molecule has 2 atom stereocenters. The maximum Gasteiger partial charge on any atom is 0.0596 e. The van der Waals surface area contributed by atoms with Crippen LogP contribution in [-0.4, -0.2) is 35.2 Å². The Morgan fingerprint density at radius 1 is 1.47 bits per heavy atom. The van der Waals surface area contributed by atoms with Gasteiger partial charge in [0.05, 0.1) is 12.6 Å². The zero-order chi connectivity index (χ0) is 13.7. The second-order valence-electron chi connectivity index (χ2n) is 5.43. The summed E-state index contributed by atoms with van der Waals surface area (Å²) >= 11 is 1.78. The zero-order valence-electron chi connectivity index (χ0n) is 11.8. The molecule has 1 aromatic heterocycles. The lowest BCUT2D eigenvalue weighted by Gasteiger charge is -2.38. The van der Waals surface area contributed by atoms with Crippen molar-refractivity contribution in [1.82, 2.24) is 4.90 Å². The standard InChI is InChI=1S/C15H26N2OS/c1-2-13(16)15(14-8-5-11-19-14)17(9-10-18)12-6-3-4-7-12/h5,8,11-13,15,18H,2-4,6-7,9-10,16H2,1H3. The summed E-state index contributed by atoms with van der Waals surface area (Å²) in [6, 6.07) is 5.29. The van der Waals surface area contributed by atoms with Crippen molar-refractivity contribution in [3.05, 3.63) is 22.4 Å². The Labute approximate surface area is 120 Å². The van der Waals surface area contributed by atoms with Gasteiger partial charge in [-0.25, -0.2) is 0 Å². The Bertz CT molecular complexity index is 349. The molecule has 1 fully saturated rings. The Balaban J connectivity index is 2.21. The van der Waals surface area contributed by atoms with Crippen LogP contribution in [0.15, 0.2) is 17.5 Å². The fourth-order valence-corrected chi connectivity index (χ4v) is 4.12. The van der Waals surface area contributed by atoms with Crippen LogP contribution in [0.25, 0.3) is 0 Å². The molecule has 1 aliphatic rings. The van der Waals surface area contributed by atoms with Gasteiger partial charge < -0.3 is 10.8 Å². The first-order valence-electron chi connectivity index (χ1n) is 7.43. The van der Waals surface area contributed by atoms with E-state index in [-0.39, 0.29) is 18.7 Å². The average molecular weight is 282 g/mol. The molecule has 0 bridgehead atoms. The molecule has 0 aliphatic heterocycles. The Kier molecular flexibility index (Phi) is 5.82. The molecule has 0 spiro atoms. The van der Waals surface area contributed by atoms with E-state index in [9.17, 15) is 5.11 Å². The number of nitrogens with zero attached hydrogens (tertiary/aromatic N) is 1. The quantitative estimate of drug-likeness (QED) is 0.808. The second-order valence-corrected chi connectivity index (χ2v) is 6.41. The third-order valence-corrected chi connectivity index (χ3v) is 5.16. The SMILES string of the molecule is CCC(N)C(c1cccs1)N(CCO)C1CCCC1. The van der Waals surface area contributed by atoms with Gasteiger partial charge in [-0.15, -0.1) is 11.3 Å². The van der Waals surface area contributed by atoms with E-state index in [2.05, 4.69) is 29.3 Å². The van der Waals surface area contributed by atoms with Gasteiger partial charge in [0.1, 0.15) is 0 Å². The minimum Gasteiger partial charge on any atom is -0.395 e. The molecule has 3 nitrogen and oxygen atoms in total. The molecular weight excluding hydrogens is 256 g/mol. The Hall–Kier alpha value is -0.420. The first kappa shape index (κ1) is 15.0. The van der Waals surface area contributed by atoms with E-state index in [1.165, 1.54) is 30.6 Å². The van der Waals surface area contributed by atoms with Crippen molar-refractivity contribution in [3.8, 4) is 0 Å². The lowest BCUT2D eigenvalue weighted by atomic mass is 10.00. The smallest absolute Gasteiger partial charge is 0.0596 e. The van der Waals surface area contributed by atoms with E-state index in [0.717, 1.165) is 13.0 Å². The van der Waals surface area contributed by atoms with Crippen molar-refractivity contribution in [2.24, 2.45) is 5.73 Å². The van der Waals surface area contributed by atoms with Crippen LogP contribution in [0, 0.1) is 0 Å². The fourth-order valence-electron chi connectivity index (χ4n) is 3.20. The fraction of sp³-hybridized carbons (Fsp3) is 0.733. The number of thiophene rings is 1. The van der Waals surface area contributed by atoms with Crippen molar-refractivity contribution >= 4 is 11.3 Å². The number of rotatable bonds is 7. The van der Waals surface area contributed by atoms with Gasteiger partial charge in [0, 0.05) is 23.5 Å². The zero-order valence-corrected chi connectivity index (χ0v) is 12.6. The summed E-state index contributed by atoms with van der Waals surface area (Å²) in [5.74, 6) is 0. The van der Waals surface area contributed by atoms with Gasteiger partial charge in [0.15, 0.2) is 0 Å². The van der Waals surface area contributed by atoms with E-state index in [1.54, 1.807) is 11.3 Å². The molecule has 1 aromatic rings. The molecule has 2 rings (SSSR count). The maximum atomic E-state index is 9.42. The molecule has 2 unspecified atom stereocenters. The van der Waals surface area contributed by atoms with Gasteiger partial charge >= 0.3 is 0 Å². The third kappa shape index (κ3) is 3.57. The molecule has 0 saturated heterocycles. The van der Waals surface area contributed by atoms with Crippen molar-refractivity contribution < 1.29 is 5.11 Å². The van der Waals surface area contributed by atoms with Crippen LogP contribution in [0.1, 0.15) is 49.9 Å². The highest BCUT2D eigenvalue weighted by atomic mass is 32.1. The van der Waals surface area contributed by atoms with E-state index in [4.69, 9.17) is 5.73 Å². The van der Waals surface area contributed by atoms with Crippen molar-refractivity contribution in [2.45, 2.75) is 57.2 Å². The molecule has 19 heavy (non-hydrogen) atoms. The molecule has 1 heterocycles.